The number of oxime groups is 1. The molecular weight excluding hydrogens is 300 g/mol. The molecule has 2 aliphatic rings. The minimum atomic E-state index is -0.904. The van der Waals surface area contributed by atoms with E-state index in [0.717, 1.165) is 37.2 Å². The Kier molecular flexibility index (Phi) is 4.39. The van der Waals surface area contributed by atoms with E-state index in [1.54, 1.807) is 0 Å². The monoisotopic (exact) mass is 320 g/mol. The second kappa shape index (κ2) is 6.29. The van der Waals surface area contributed by atoms with Crippen LogP contribution in [-0.2, 0) is 9.63 Å². The van der Waals surface area contributed by atoms with Crippen molar-refractivity contribution in [3.8, 4) is 0 Å². The molecule has 0 aliphatic carbocycles. The molecule has 5 heteroatoms. The molecule has 0 bridgehead atoms. The molecule has 0 aromatic heterocycles. The summed E-state index contributed by atoms with van der Waals surface area (Å²) in [6, 6.07) is 7.53. The third-order valence-electron chi connectivity index (χ3n) is 4.39. The van der Waals surface area contributed by atoms with Crippen molar-refractivity contribution in [3.63, 3.8) is 0 Å². The summed E-state index contributed by atoms with van der Waals surface area (Å²) in [5.74, 6) is 0.0419. The summed E-state index contributed by atoms with van der Waals surface area (Å²) in [5.41, 5.74) is 0.687. The minimum absolute atomic E-state index is 0.0419. The highest BCUT2D eigenvalue weighted by atomic mass is 35.5. The molecule has 0 spiro atoms. The Morgan fingerprint density at radius 1 is 1.23 bits per heavy atom. The highest BCUT2D eigenvalue weighted by Gasteiger charge is 2.44. The Labute approximate surface area is 136 Å². The lowest BCUT2D eigenvalue weighted by atomic mass is 9.94. The fraction of sp³-hybridized carbons (Fsp3) is 0.529. The van der Waals surface area contributed by atoms with Crippen molar-refractivity contribution in [2.24, 2.45) is 5.16 Å². The van der Waals surface area contributed by atoms with Crippen LogP contribution in [0.2, 0.25) is 5.02 Å². The van der Waals surface area contributed by atoms with Crippen molar-refractivity contribution in [2.75, 3.05) is 13.1 Å². The molecule has 1 atom stereocenters. The van der Waals surface area contributed by atoms with Gasteiger partial charge in [-0.1, -0.05) is 47.8 Å². The standard InChI is InChI=1S/C17H21ClN2O2/c1-17(16(21)20-10-6-2-3-7-11-20)12-15(19-22-17)13-8-4-5-9-14(13)18/h4-5,8-9H,2-3,6-7,10-12H2,1H3/t17-/m1/s1. The second-order valence-corrected chi connectivity index (χ2v) is 6.63. The van der Waals surface area contributed by atoms with Crippen molar-refractivity contribution in [3.05, 3.63) is 34.9 Å². The smallest absolute Gasteiger partial charge is 0.269 e. The molecule has 3 rings (SSSR count). The van der Waals surface area contributed by atoms with Gasteiger partial charge >= 0.3 is 0 Å². The van der Waals surface area contributed by atoms with E-state index < -0.39 is 5.60 Å². The topological polar surface area (TPSA) is 41.9 Å². The molecule has 1 fully saturated rings. The van der Waals surface area contributed by atoms with E-state index >= 15 is 0 Å². The zero-order chi connectivity index (χ0) is 15.6. The minimum Gasteiger partial charge on any atom is -0.379 e. The van der Waals surface area contributed by atoms with Crippen LogP contribution in [0.5, 0.6) is 0 Å². The summed E-state index contributed by atoms with van der Waals surface area (Å²) in [6.07, 6.45) is 5.00. The lowest BCUT2D eigenvalue weighted by molar-refractivity contribution is -0.153. The van der Waals surface area contributed by atoms with Crippen LogP contribution in [0, 0.1) is 0 Å². The molecule has 2 aliphatic heterocycles. The van der Waals surface area contributed by atoms with Gasteiger partial charge < -0.3 is 9.74 Å². The molecule has 0 saturated carbocycles. The van der Waals surface area contributed by atoms with Gasteiger partial charge in [0, 0.05) is 30.1 Å². The van der Waals surface area contributed by atoms with Crippen molar-refractivity contribution >= 4 is 23.2 Å². The summed E-state index contributed by atoms with van der Waals surface area (Å²) in [6.45, 7) is 3.46. The third kappa shape index (κ3) is 2.98. The predicted molar refractivity (Wildman–Crippen MR) is 87.1 cm³/mol. The first-order valence-electron chi connectivity index (χ1n) is 7.89. The normalized spacial score (nSPS) is 25.4. The molecule has 2 heterocycles. The first-order chi connectivity index (χ1) is 10.6. The van der Waals surface area contributed by atoms with Crippen LogP contribution in [0.1, 0.15) is 44.6 Å². The van der Waals surface area contributed by atoms with Crippen LogP contribution < -0.4 is 0 Å². The van der Waals surface area contributed by atoms with Crippen LogP contribution in [0.3, 0.4) is 0 Å². The zero-order valence-electron chi connectivity index (χ0n) is 12.8. The van der Waals surface area contributed by atoms with E-state index in [9.17, 15) is 4.79 Å². The van der Waals surface area contributed by atoms with Gasteiger partial charge in [0.25, 0.3) is 5.91 Å². The molecule has 0 N–H and O–H groups in total. The van der Waals surface area contributed by atoms with Crippen LogP contribution in [0.15, 0.2) is 29.4 Å². The van der Waals surface area contributed by atoms with E-state index in [0.29, 0.717) is 11.4 Å². The Morgan fingerprint density at radius 3 is 2.59 bits per heavy atom. The average molecular weight is 321 g/mol. The van der Waals surface area contributed by atoms with Crippen molar-refractivity contribution in [1.82, 2.24) is 4.90 Å². The van der Waals surface area contributed by atoms with Gasteiger partial charge in [0.05, 0.1) is 5.71 Å². The molecule has 1 saturated heterocycles. The van der Waals surface area contributed by atoms with Gasteiger partial charge in [0.15, 0.2) is 0 Å². The lowest BCUT2D eigenvalue weighted by Gasteiger charge is -2.29. The number of nitrogens with zero attached hydrogens (tertiary/aromatic N) is 2. The quantitative estimate of drug-likeness (QED) is 0.835. The number of benzene rings is 1. The number of carbonyl (C=O) groups excluding carboxylic acids is 1. The number of hydrogen-bond acceptors (Lipinski definition) is 3. The van der Waals surface area contributed by atoms with Crippen LogP contribution in [0.25, 0.3) is 0 Å². The predicted octanol–water partition coefficient (Wildman–Crippen LogP) is 3.63. The van der Waals surface area contributed by atoms with Crippen molar-refractivity contribution < 1.29 is 9.63 Å². The molecule has 118 valence electrons. The molecule has 1 aromatic carbocycles. The van der Waals surface area contributed by atoms with Crippen LogP contribution in [0.4, 0.5) is 0 Å². The van der Waals surface area contributed by atoms with E-state index in [-0.39, 0.29) is 5.91 Å². The fourth-order valence-corrected chi connectivity index (χ4v) is 3.35. The Morgan fingerprint density at radius 2 is 1.91 bits per heavy atom. The highest BCUT2D eigenvalue weighted by molar-refractivity contribution is 6.34. The molecule has 0 unspecified atom stereocenters. The molecular formula is C17H21ClN2O2. The zero-order valence-corrected chi connectivity index (χ0v) is 13.6. The van der Waals surface area contributed by atoms with E-state index in [2.05, 4.69) is 5.16 Å². The lowest BCUT2D eigenvalue weighted by Crippen LogP contribution is -2.47. The summed E-state index contributed by atoms with van der Waals surface area (Å²) < 4.78 is 0. The molecule has 4 nitrogen and oxygen atoms in total. The number of likely N-dealkylation sites (tertiary alicyclic amines) is 1. The first-order valence-corrected chi connectivity index (χ1v) is 8.27. The third-order valence-corrected chi connectivity index (χ3v) is 4.72. The number of hydrogen-bond donors (Lipinski definition) is 0. The fourth-order valence-electron chi connectivity index (χ4n) is 3.10. The van der Waals surface area contributed by atoms with E-state index in [4.69, 9.17) is 16.4 Å². The SMILES string of the molecule is C[C@]1(C(=O)N2CCCCCC2)CC(c2ccccc2Cl)=NO1. The van der Waals surface area contributed by atoms with Gasteiger partial charge in [-0.15, -0.1) is 0 Å². The van der Waals surface area contributed by atoms with Crippen molar-refractivity contribution in [2.45, 2.75) is 44.6 Å². The summed E-state index contributed by atoms with van der Waals surface area (Å²) >= 11 is 6.22. The summed E-state index contributed by atoms with van der Waals surface area (Å²) in [5, 5.41) is 4.78. The van der Waals surface area contributed by atoms with E-state index in [1.807, 2.05) is 36.1 Å². The first kappa shape index (κ1) is 15.3. The largest absolute Gasteiger partial charge is 0.379 e. The number of halogens is 1. The van der Waals surface area contributed by atoms with Crippen LogP contribution in [-0.4, -0.2) is 35.2 Å². The van der Waals surface area contributed by atoms with Gasteiger partial charge in [0.1, 0.15) is 0 Å². The van der Waals surface area contributed by atoms with Crippen LogP contribution >= 0.6 is 11.6 Å². The van der Waals surface area contributed by atoms with Gasteiger partial charge in [-0.25, -0.2) is 0 Å². The number of carbonyl (C=O) groups is 1. The average Bonchev–Trinajstić information content (AvgIpc) is 2.75. The van der Waals surface area contributed by atoms with E-state index in [1.165, 1.54) is 12.8 Å². The highest BCUT2D eigenvalue weighted by Crippen LogP contribution is 2.31. The molecule has 0 radical (unpaired) electrons. The summed E-state index contributed by atoms with van der Waals surface area (Å²) in [7, 11) is 0. The van der Waals surface area contributed by atoms with Crippen molar-refractivity contribution in [1.29, 1.82) is 0 Å². The molecule has 1 aromatic rings. The van der Waals surface area contributed by atoms with Gasteiger partial charge in [-0.2, -0.15) is 0 Å². The van der Waals surface area contributed by atoms with Gasteiger partial charge in [-0.05, 0) is 25.8 Å². The summed E-state index contributed by atoms with van der Waals surface area (Å²) in [4.78, 5) is 20.3. The maximum absolute atomic E-state index is 12.8. The Bertz CT molecular complexity index is 594. The van der Waals surface area contributed by atoms with Gasteiger partial charge in [-0.3, -0.25) is 4.79 Å². The number of rotatable bonds is 2. The molecule has 1 amide bonds. The Hall–Kier alpha value is -1.55. The maximum atomic E-state index is 12.8. The maximum Gasteiger partial charge on any atom is 0.269 e. The van der Waals surface area contributed by atoms with Gasteiger partial charge in [0.2, 0.25) is 5.60 Å². The molecule has 22 heavy (non-hydrogen) atoms. The number of amides is 1. The second-order valence-electron chi connectivity index (χ2n) is 6.22. The Balaban J connectivity index is 1.74.